The van der Waals surface area contributed by atoms with Crippen molar-refractivity contribution in [2.75, 3.05) is 38.3 Å². The number of phenolic OH excluding ortho intramolecular Hbond substituents is 1. The van der Waals surface area contributed by atoms with Crippen molar-refractivity contribution in [3.8, 4) is 41.2 Å². The summed E-state index contributed by atoms with van der Waals surface area (Å²) in [6.07, 6.45) is 11.6. The van der Waals surface area contributed by atoms with Crippen molar-refractivity contribution in [2.45, 2.75) is 68.6 Å². The topological polar surface area (TPSA) is 83.8 Å². The van der Waals surface area contributed by atoms with Crippen molar-refractivity contribution in [1.29, 1.82) is 0 Å². The number of alkyl halides is 1. The standard InChI is InChI=1S/C35H34F3N5O3/c1-3-23-25(37)8-7-20-15-22(44)16-24(26(20)23)29-28(38)30-27-31(42(2)34(9-4-5-10-34)12-14-45-32(27)39-29)41-33(40-30)46-19-35-11-6-13-43(35)18-21(36)17-35/h1,7-8,15-16,21,44H,4-6,9-14,17-19H2,2H3/t21-,35+/m1/s1. The third-order valence-corrected chi connectivity index (χ3v) is 10.8. The van der Waals surface area contributed by atoms with E-state index in [9.17, 15) is 13.9 Å². The second-order valence-electron chi connectivity index (χ2n) is 13.2. The number of phenols is 1. The number of terminal acetylenes is 1. The van der Waals surface area contributed by atoms with Gasteiger partial charge in [0.1, 0.15) is 46.8 Å². The number of halogens is 3. The van der Waals surface area contributed by atoms with Crippen LogP contribution in [0, 0.1) is 24.0 Å². The third-order valence-electron chi connectivity index (χ3n) is 10.8. The normalized spacial score (nSPS) is 23.8. The van der Waals surface area contributed by atoms with Crippen molar-refractivity contribution in [3.05, 3.63) is 41.5 Å². The molecule has 0 bridgehead atoms. The predicted octanol–water partition coefficient (Wildman–Crippen LogP) is 6.30. The molecule has 2 aromatic heterocycles. The number of nitrogens with zero attached hydrogens (tertiary/aromatic N) is 5. The molecule has 2 aromatic carbocycles. The van der Waals surface area contributed by atoms with Gasteiger partial charge in [0.2, 0.25) is 5.88 Å². The maximum atomic E-state index is 17.0. The number of pyridine rings is 1. The molecule has 0 unspecified atom stereocenters. The first-order chi connectivity index (χ1) is 22.2. The number of aromatic nitrogens is 3. The van der Waals surface area contributed by atoms with E-state index in [1.54, 1.807) is 0 Å². The summed E-state index contributed by atoms with van der Waals surface area (Å²) < 4.78 is 59.0. The Bertz CT molecular complexity index is 1940. The zero-order chi connectivity index (χ0) is 31.8. The Labute approximate surface area is 264 Å². The monoisotopic (exact) mass is 629 g/mol. The van der Waals surface area contributed by atoms with Crippen LogP contribution in [0.2, 0.25) is 0 Å². The maximum Gasteiger partial charge on any atom is 0.319 e. The van der Waals surface area contributed by atoms with Gasteiger partial charge in [-0.05, 0) is 55.8 Å². The molecule has 46 heavy (non-hydrogen) atoms. The van der Waals surface area contributed by atoms with Crippen LogP contribution in [0.4, 0.5) is 19.0 Å². The Hall–Kier alpha value is -4.30. The van der Waals surface area contributed by atoms with Crippen molar-refractivity contribution < 1.29 is 27.8 Å². The van der Waals surface area contributed by atoms with Gasteiger partial charge in [0, 0.05) is 42.9 Å². The first-order valence-corrected chi connectivity index (χ1v) is 15.9. The molecule has 8 nitrogen and oxygen atoms in total. The molecule has 2 atom stereocenters. The summed E-state index contributed by atoms with van der Waals surface area (Å²) in [6.45, 7) is 1.70. The van der Waals surface area contributed by atoms with Gasteiger partial charge in [-0.1, -0.05) is 24.8 Å². The van der Waals surface area contributed by atoms with Gasteiger partial charge >= 0.3 is 6.01 Å². The van der Waals surface area contributed by atoms with Crippen LogP contribution in [0.25, 0.3) is 32.9 Å². The Morgan fingerprint density at radius 3 is 2.72 bits per heavy atom. The van der Waals surface area contributed by atoms with Crippen molar-refractivity contribution in [1.82, 2.24) is 19.9 Å². The molecule has 4 aliphatic rings. The fourth-order valence-corrected chi connectivity index (χ4v) is 8.44. The van der Waals surface area contributed by atoms with Crippen LogP contribution in [0.5, 0.6) is 17.6 Å². The van der Waals surface area contributed by atoms with E-state index in [0.717, 1.165) is 45.1 Å². The average molecular weight is 630 g/mol. The lowest BCUT2D eigenvalue weighted by molar-refractivity contribution is 0.107. The highest BCUT2D eigenvalue weighted by Crippen LogP contribution is 2.47. The Kier molecular flexibility index (Phi) is 6.73. The van der Waals surface area contributed by atoms with Gasteiger partial charge in [-0.2, -0.15) is 9.97 Å². The quantitative estimate of drug-likeness (QED) is 0.264. The van der Waals surface area contributed by atoms with Gasteiger partial charge in [-0.3, -0.25) is 4.90 Å². The molecule has 2 saturated heterocycles. The molecule has 0 amide bonds. The second kappa shape index (κ2) is 10.6. The molecule has 1 aliphatic carbocycles. The number of hydrogen-bond donors (Lipinski definition) is 1. The first-order valence-electron chi connectivity index (χ1n) is 15.9. The molecule has 11 heteroatoms. The molecule has 238 valence electrons. The second-order valence-corrected chi connectivity index (χ2v) is 13.2. The van der Waals surface area contributed by atoms with E-state index in [0.29, 0.717) is 42.6 Å². The Morgan fingerprint density at radius 2 is 1.91 bits per heavy atom. The lowest BCUT2D eigenvalue weighted by Gasteiger charge is -2.41. The molecule has 4 aromatic rings. The summed E-state index contributed by atoms with van der Waals surface area (Å²) in [5.41, 5.74) is -0.929. The SMILES string of the molecule is C#Cc1c(F)ccc2cc(O)cc(-c3nc4c5c(nc(OC[C@@]67CCCN6C[C@H](F)C7)nc5c3F)N(C)C3(CCCC3)CCO4)c12. The highest BCUT2D eigenvalue weighted by atomic mass is 19.1. The average Bonchev–Trinajstić information content (AvgIpc) is 3.75. The van der Waals surface area contributed by atoms with Crippen LogP contribution in [-0.2, 0) is 0 Å². The van der Waals surface area contributed by atoms with Crippen LogP contribution in [-0.4, -0.2) is 75.6 Å². The number of aromatic hydroxyl groups is 1. The largest absolute Gasteiger partial charge is 0.508 e. The fraction of sp³-hybridized carbons (Fsp3) is 0.457. The molecule has 1 spiro atoms. The fourth-order valence-electron chi connectivity index (χ4n) is 8.44. The smallest absolute Gasteiger partial charge is 0.319 e. The van der Waals surface area contributed by atoms with E-state index >= 15 is 4.39 Å². The van der Waals surface area contributed by atoms with Gasteiger partial charge in [0.15, 0.2) is 5.82 Å². The van der Waals surface area contributed by atoms with Crippen LogP contribution in [0.15, 0.2) is 24.3 Å². The van der Waals surface area contributed by atoms with Gasteiger partial charge in [-0.15, -0.1) is 6.42 Å². The van der Waals surface area contributed by atoms with Crippen LogP contribution in [0.3, 0.4) is 0 Å². The maximum absolute atomic E-state index is 17.0. The lowest BCUT2D eigenvalue weighted by Crippen LogP contribution is -2.47. The number of anilines is 1. The minimum Gasteiger partial charge on any atom is -0.508 e. The van der Waals surface area contributed by atoms with E-state index in [-0.39, 0.29) is 57.5 Å². The van der Waals surface area contributed by atoms with Crippen molar-refractivity contribution in [3.63, 3.8) is 0 Å². The molecule has 1 saturated carbocycles. The summed E-state index contributed by atoms with van der Waals surface area (Å²) >= 11 is 0. The molecule has 0 radical (unpaired) electrons. The zero-order valence-corrected chi connectivity index (χ0v) is 25.6. The number of benzene rings is 2. The molecule has 8 rings (SSSR count). The summed E-state index contributed by atoms with van der Waals surface area (Å²) in [7, 11) is 1.96. The van der Waals surface area contributed by atoms with E-state index < -0.39 is 23.3 Å². The summed E-state index contributed by atoms with van der Waals surface area (Å²) in [5.74, 6) is 1.32. The summed E-state index contributed by atoms with van der Waals surface area (Å²) in [4.78, 5) is 18.3. The van der Waals surface area contributed by atoms with Crippen molar-refractivity contribution in [2.24, 2.45) is 0 Å². The van der Waals surface area contributed by atoms with Crippen molar-refractivity contribution >= 4 is 27.5 Å². The number of rotatable bonds is 4. The minimum atomic E-state index is -0.927. The van der Waals surface area contributed by atoms with Gasteiger partial charge < -0.3 is 19.5 Å². The first kappa shape index (κ1) is 29.1. The molecule has 3 aliphatic heterocycles. The molecular weight excluding hydrogens is 595 g/mol. The summed E-state index contributed by atoms with van der Waals surface area (Å²) in [6, 6.07) is 5.42. The molecule has 3 fully saturated rings. The number of ether oxygens (including phenoxy) is 2. The van der Waals surface area contributed by atoms with Crippen LogP contribution in [0.1, 0.15) is 56.9 Å². The van der Waals surface area contributed by atoms with E-state index in [4.69, 9.17) is 20.9 Å². The Balaban J connectivity index is 1.35. The van der Waals surface area contributed by atoms with Gasteiger partial charge in [-0.25, -0.2) is 18.2 Å². The van der Waals surface area contributed by atoms with E-state index in [1.807, 2.05) is 7.05 Å². The van der Waals surface area contributed by atoms with E-state index in [2.05, 4.69) is 25.7 Å². The summed E-state index contributed by atoms with van der Waals surface area (Å²) in [5, 5.41) is 11.6. The van der Waals surface area contributed by atoms with E-state index in [1.165, 1.54) is 24.3 Å². The molecular formula is C35H34F3N5O3. The molecule has 5 heterocycles. The zero-order valence-electron chi connectivity index (χ0n) is 25.6. The van der Waals surface area contributed by atoms with Crippen LogP contribution >= 0.6 is 0 Å². The van der Waals surface area contributed by atoms with Gasteiger partial charge in [0.05, 0.1) is 17.7 Å². The number of fused-ring (bicyclic) bond motifs is 2. The highest BCUT2D eigenvalue weighted by Gasteiger charge is 2.49. The molecule has 1 N–H and O–H groups in total. The minimum absolute atomic E-state index is 0.0234. The third kappa shape index (κ3) is 4.37. The number of hydrogen-bond acceptors (Lipinski definition) is 8. The highest BCUT2D eigenvalue weighted by molar-refractivity contribution is 6.04. The lowest BCUT2D eigenvalue weighted by atomic mass is 9.91. The van der Waals surface area contributed by atoms with Crippen LogP contribution < -0.4 is 14.4 Å². The predicted molar refractivity (Wildman–Crippen MR) is 168 cm³/mol. The van der Waals surface area contributed by atoms with Gasteiger partial charge in [0.25, 0.3) is 0 Å². The Morgan fingerprint density at radius 1 is 1.09 bits per heavy atom.